The zero-order valence-corrected chi connectivity index (χ0v) is 21.0. The first-order valence-electron chi connectivity index (χ1n) is 12.6. The lowest BCUT2D eigenvalue weighted by Crippen LogP contribution is -2.70. The van der Waals surface area contributed by atoms with Gasteiger partial charge in [-0.15, -0.1) is 6.58 Å². The largest absolute Gasteiger partial charge is 0.508 e. The van der Waals surface area contributed by atoms with Crippen molar-refractivity contribution in [3.05, 3.63) is 48.6 Å². The van der Waals surface area contributed by atoms with Crippen molar-refractivity contribution in [2.75, 3.05) is 0 Å². The minimum absolute atomic E-state index is 0.145. The molecule has 0 spiro atoms. The Hall–Kier alpha value is -2.11. The van der Waals surface area contributed by atoms with Gasteiger partial charge < -0.3 is 20.1 Å². The summed E-state index contributed by atoms with van der Waals surface area (Å²) in [5, 5.41) is 33.2. The second-order valence-corrected chi connectivity index (χ2v) is 12.2. The summed E-state index contributed by atoms with van der Waals surface area (Å²) in [6, 6.07) is 6.52. The van der Waals surface area contributed by atoms with Gasteiger partial charge in [-0.3, -0.25) is 0 Å². The van der Waals surface area contributed by atoms with Crippen LogP contribution in [0, 0.1) is 28.1 Å². The van der Waals surface area contributed by atoms with Gasteiger partial charge in [-0.05, 0) is 72.6 Å². The number of rotatable bonds is 4. The molecule has 34 heavy (non-hydrogen) atoms. The van der Waals surface area contributed by atoms with Gasteiger partial charge in [-0.2, -0.15) is 0 Å². The number of hydrogen-bond donors (Lipinski definition) is 3. The number of carbonyl (C=O) groups excluding carboxylic acids is 1. The van der Waals surface area contributed by atoms with Crippen LogP contribution in [0.1, 0.15) is 71.8 Å². The van der Waals surface area contributed by atoms with Gasteiger partial charge in [0, 0.05) is 17.4 Å². The van der Waals surface area contributed by atoms with Gasteiger partial charge in [-0.1, -0.05) is 52.3 Å². The van der Waals surface area contributed by atoms with E-state index in [9.17, 15) is 20.1 Å². The monoisotopic (exact) mass is 468 g/mol. The Morgan fingerprint density at radius 1 is 1.12 bits per heavy atom. The van der Waals surface area contributed by atoms with Gasteiger partial charge in [0.2, 0.25) is 0 Å². The van der Waals surface area contributed by atoms with Crippen molar-refractivity contribution in [3.8, 4) is 5.75 Å². The van der Waals surface area contributed by atoms with Gasteiger partial charge in [0.05, 0.1) is 11.7 Å². The predicted octanol–water partition coefficient (Wildman–Crippen LogP) is 5.25. The highest BCUT2D eigenvalue weighted by molar-refractivity contribution is 5.87. The summed E-state index contributed by atoms with van der Waals surface area (Å²) >= 11 is 0. The molecule has 4 rings (SSSR count). The van der Waals surface area contributed by atoms with E-state index in [4.69, 9.17) is 4.74 Å². The van der Waals surface area contributed by atoms with Crippen LogP contribution >= 0.6 is 0 Å². The summed E-state index contributed by atoms with van der Waals surface area (Å²) in [6.45, 7) is 12.8. The number of aliphatic hydroxyl groups is 2. The lowest BCUT2D eigenvalue weighted by atomic mass is 9.41. The predicted molar refractivity (Wildman–Crippen MR) is 133 cm³/mol. The molecular formula is C29H40O5. The maximum Gasteiger partial charge on any atom is 0.331 e. The Balaban J connectivity index is 1.63. The first kappa shape index (κ1) is 25.0. The maximum atomic E-state index is 12.8. The van der Waals surface area contributed by atoms with Crippen LogP contribution in [0.15, 0.2) is 43.0 Å². The molecule has 1 aromatic carbocycles. The average molecular weight is 469 g/mol. The van der Waals surface area contributed by atoms with Crippen LogP contribution in [-0.2, 0) is 9.53 Å². The second-order valence-electron chi connectivity index (χ2n) is 12.2. The van der Waals surface area contributed by atoms with Gasteiger partial charge in [0.15, 0.2) is 0 Å². The molecule has 0 heterocycles. The lowest BCUT2D eigenvalue weighted by molar-refractivity contribution is -0.268. The van der Waals surface area contributed by atoms with E-state index in [2.05, 4.69) is 27.4 Å². The van der Waals surface area contributed by atoms with Crippen molar-refractivity contribution < 1.29 is 24.9 Å². The van der Waals surface area contributed by atoms with Crippen LogP contribution < -0.4 is 0 Å². The fourth-order valence-corrected chi connectivity index (χ4v) is 7.96. The smallest absolute Gasteiger partial charge is 0.331 e. The zero-order valence-electron chi connectivity index (χ0n) is 21.0. The molecule has 0 radical (unpaired) electrons. The number of benzene rings is 1. The lowest BCUT2D eigenvalue weighted by Gasteiger charge is -2.66. The third kappa shape index (κ3) is 4.11. The van der Waals surface area contributed by atoms with E-state index in [1.807, 2.05) is 6.92 Å². The van der Waals surface area contributed by atoms with Crippen molar-refractivity contribution in [2.24, 2.45) is 28.1 Å². The van der Waals surface area contributed by atoms with Gasteiger partial charge >= 0.3 is 5.97 Å². The Morgan fingerprint density at radius 3 is 2.44 bits per heavy atom. The van der Waals surface area contributed by atoms with E-state index in [1.165, 1.54) is 6.08 Å². The normalized spacial score (nSPS) is 41.4. The summed E-state index contributed by atoms with van der Waals surface area (Å²) in [4.78, 5) is 12.8. The highest BCUT2D eigenvalue weighted by Crippen LogP contribution is 2.66. The van der Waals surface area contributed by atoms with Crippen LogP contribution in [-0.4, -0.2) is 39.1 Å². The van der Waals surface area contributed by atoms with Crippen LogP contribution in [0.3, 0.4) is 0 Å². The zero-order chi connectivity index (χ0) is 24.9. The number of aliphatic hydroxyl groups excluding tert-OH is 1. The average Bonchev–Trinajstić information content (AvgIpc) is 2.75. The Bertz CT molecular complexity index is 965. The summed E-state index contributed by atoms with van der Waals surface area (Å²) in [5.41, 5.74) is -1.10. The van der Waals surface area contributed by atoms with Crippen molar-refractivity contribution in [2.45, 2.75) is 84.0 Å². The molecule has 3 aliphatic rings. The Labute approximate surface area is 203 Å². The molecular weight excluding hydrogens is 428 g/mol. The van der Waals surface area contributed by atoms with Crippen LogP contribution in [0.2, 0.25) is 0 Å². The molecule has 0 bridgehead atoms. The van der Waals surface area contributed by atoms with Gasteiger partial charge in [0.1, 0.15) is 11.9 Å². The number of carbonyl (C=O) groups is 1. The first-order chi connectivity index (χ1) is 15.8. The van der Waals surface area contributed by atoms with Crippen molar-refractivity contribution in [1.29, 1.82) is 0 Å². The van der Waals surface area contributed by atoms with Crippen LogP contribution in [0.25, 0.3) is 6.08 Å². The molecule has 3 fully saturated rings. The minimum Gasteiger partial charge on any atom is -0.508 e. The molecule has 3 N–H and O–H groups in total. The second kappa shape index (κ2) is 8.53. The number of phenols is 1. The summed E-state index contributed by atoms with van der Waals surface area (Å²) in [6.07, 6.45) is 8.08. The topological polar surface area (TPSA) is 87.0 Å². The van der Waals surface area contributed by atoms with E-state index < -0.39 is 29.2 Å². The standard InChI is InChI=1S/C29H40O5/c1-6-27(4)18-29(33)17-14-21-26(2,3)15-7-16-28(21,5)24(29)23(32)25(27)34-22(31)13-10-19-8-11-20(30)12-9-19/h6,8-13,21,23-25,30,32-33H,1,7,14-18H2,2-5H3. The highest BCUT2D eigenvalue weighted by atomic mass is 16.6. The number of ether oxygens (including phenoxy) is 1. The van der Waals surface area contributed by atoms with E-state index in [0.29, 0.717) is 18.8 Å². The van der Waals surface area contributed by atoms with Crippen molar-refractivity contribution in [3.63, 3.8) is 0 Å². The first-order valence-corrected chi connectivity index (χ1v) is 12.6. The number of phenolic OH excluding ortho intramolecular Hbond substituents is 1. The number of fused-ring (bicyclic) bond motifs is 3. The molecule has 7 unspecified atom stereocenters. The molecule has 0 saturated heterocycles. The quantitative estimate of drug-likeness (QED) is 0.319. The van der Waals surface area contributed by atoms with Crippen molar-refractivity contribution in [1.82, 2.24) is 0 Å². The number of aromatic hydroxyl groups is 1. The molecule has 3 saturated carbocycles. The Morgan fingerprint density at radius 2 is 1.79 bits per heavy atom. The van der Waals surface area contributed by atoms with E-state index >= 15 is 0 Å². The fourth-order valence-electron chi connectivity index (χ4n) is 7.96. The van der Waals surface area contributed by atoms with E-state index in [0.717, 1.165) is 31.2 Å². The minimum atomic E-state index is -1.02. The van der Waals surface area contributed by atoms with Crippen LogP contribution in [0.4, 0.5) is 0 Å². The molecule has 0 amide bonds. The SMILES string of the molecule is C=CC1(C)CC2(O)CCC3C(C)(C)CCCC3(C)C2C(O)C1OC(=O)C=Cc1ccc(O)cc1. The fraction of sp³-hybridized carbons (Fsp3) is 0.621. The highest BCUT2D eigenvalue weighted by Gasteiger charge is 2.67. The molecule has 0 aromatic heterocycles. The van der Waals surface area contributed by atoms with E-state index in [1.54, 1.807) is 36.4 Å². The Kier molecular flexibility index (Phi) is 6.27. The summed E-state index contributed by atoms with van der Waals surface area (Å²) < 4.78 is 5.92. The molecule has 0 aliphatic heterocycles. The van der Waals surface area contributed by atoms with Gasteiger partial charge in [0.25, 0.3) is 0 Å². The number of hydrogen-bond acceptors (Lipinski definition) is 5. The molecule has 186 valence electrons. The van der Waals surface area contributed by atoms with E-state index in [-0.39, 0.29) is 22.5 Å². The molecule has 1 aromatic rings. The maximum absolute atomic E-state index is 12.8. The molecule has 3 aliphatic carbocycles. The molecule has 5 nitrogen and oxygen atoms in total. The molecule has 7 atom stereocenters. The number of esters is 1. The summed E-state index contributed by atoms with van der Waals surface area (Å²) in [7, 11) is 0. The molecule has 5 heteroatoms. The van der Waals surface area contributed by atoms with Gasteiger partial charge in [-0.25, -0.2) is 4.79 Å². The third-order valence-corrected chi connectivity index (χ3v) is 9.43. The van der Waals surface area contributed by atoms with Crippen LogP contribution in [0.5, 0.6) is 5.75 Å². The third-order valence-electron chi connectivity index (χ3n) is 9.43. The summed E-state index contributed by atoms with van der Waals surface area (Å²) in [5.74, 6) is -0.362. The van der Waals surface area contributed by atoms with Crippen molar-refractivity contribution >= 4 is 12.0 Å².